The summed E-state index contributed by atoms with van der Waals surface area (Å²) in [6, 6.07) is 2.31. The highest BCUT2D eigenvalue weighted by Gasteiger charge is 2.13. The van der Waals surface area contributed by atoms with Gasteiger partial charge >= 0.3 is 0 Å². The van der Waals surface area contributed by atoms with Crippen LogP contribution < -0.4 is 10.6 Å². The van der Waals surface area contributed by atoms with Crippen molar-refractivity contribution in [2.45, 2.75) is 40.5 Å². The van der Waals surface area contributed by atoms with Crippen molar-refractivity contribution in [1.29, 1.82) is 0 Å². The van der Waals surface area contributed by atoms with E-state index < -0.39 is 0 Å². The van der Waals surface area contributed by atoms with E-state index in [-0.39, 0.29) is 0 Å². The SMILES string of the molecule is Cc1cc(C)c(C)c(CCNCC2CCNC2)c1C. The van der Waals surface area contributed by atoms with Crippen molar-refractivity contribution in [3.63, 3.8) is 0 Å². The van der Waals surface area contributed by atoms with Crippen LogP contribution in [0.1, 0.15) is 34.2 Å². The van der Waals surface area contributed by atoms with Gasteiger partial charge in [-0.25, -0.2) is 0 Å². The summed E-state index contributed by atoms with van der Waals surface area (Å²) >= 11 is 0. The van der Waals surface area contributed by atoms with E-state index in [1.54, 1.807) is 5.56 Å². The Balaban J connectivity index is 1.88. The molecule has 1 aromatic rings. The van der Waals surface area contributed by atoms with Crippen molar-refractivity contribution in [3.8, 4) is 0 Å². The Labute approximate surface area is 118 Å². The minimum atomic E-state index is 0.835. The summed E-state index contributed by atoms with van der Waals surface area (Å²) in [5.74, 6) is 0.835. The van der Waals surface area contributed by atoms with Crippen molar-refractivity contribution < 1.29 is 0 Å². The van der Waals surface area contributed by atoms with Gasteiger partial charge in [-0.05, 0) is 100 Å². The van der Waals surface area contributed by atoms with Crippen LogP contribution in [-0.2, 0) is 6.42 Å². The summed E-state index contributed by atoms with van der Waals surface area (Å²) in [6.45, 7) is 13.6. The van der Waals surface area contributed by atoms with E-state index in [0.29, 0.717) is 0 Å². The second-order valence-corrected chi connectivity index (χ2v) is 6.05. The van der Waals surface area contributed by atoms with Crippen molar-refractivity contribution in [1.82, 2.24) is 10.6 Å². The quantitative estimate of drug-likeness (QED) is 0.795. The molecule has 1 unspecified atom stereocenters. The predicted molar refractivity (Wildman–Crippen MR) is 82.9 cm³/mol. The van der Waals surface area contributed by atoms with Gasteiger partial charge in [-0.15, -0.1) is 0 Å². The van der Waals surface area contributed by atoms with Crippen LogP contribution >= 0.6 is 0 Å². The first-order chi connectivity index (χ1) is 9.09. The number of benzene rings is 1. The van der Waals surface area contributed by atoms with Gasteiger partial charge in [0.15, 0.2) is 0 Å². The van der Waals surface area contributed by atoms with Crippen LogP contribution in [0.2, 0.25) is 0 Å². The van der Waals surface area contributed by atoms with Gasteiger partial charge in [0.1, 0.15) is 0 Å². The van der Waals surface area contributed by atoms with Gasteiger partial charge in [-0.1, -0.05) is 6.07 Å². The van der Waals surface area contributed by atoms with Crippen molar-refractivity contribution in [2.75, 3.05) is 26.2 Å². The third-order valence-corrected chi connectivity index (χ3v) is 4.67. The fourth-order valence-electron chi connectivity index (χ4n) is 3.08. The zero-order valence-corrected chi connectivity index (χ0v) is 12.9. The Morgan fingerprint density at radius 1 is 1.16 bits per heavy atom. The third kappa shape index (κ3) is 3.58. The molecular weight excluding hydrogens is 232 g/mol. The van der Waals surface area contributed by atoms with E-state index in [1.165, 1.54) is 41.8 Å². The lowest BCUT2D eigenvalue weighted by Crippen LogP contribution is -2.26. The molecule has 0 amide bonds. The fraction of sp³-hybridized carbons (Fsp3) is 0.647. The molecule has 1 fully saturated rings. The van der Waals surface area contributed by atoms with Crippen LogP contribution in [0.5, 0.6) is 0 Å². The van der Waals surface area contributed by atoms with Gasteiger partial charge in [0.25, 0.3) is 0 Å². The molecule has 2 rings (SSSR count). The van der Waals surface area contributed by atoms with E-state index in [1.807, 2.05) is 0 Å². The molecule has 1 aromatic carbocycles. The monoisotopic (exact) mass is 260 g/mol. The Morgan fingerprint density at radius 2 is 1.84 bits per heavy atom. The molecule has 0 spiro atoms. The van der Waals surface area contributed by atoms with Crippen molar-refractivity contribution >= 4 is 0 Å². The highest BCUT2D eigenvalue weighted by molar-refractivity contribution is 5.44. The van der Waals surface area contributed by atoms with Crippen LogP contribution in [0, 0.1) is 33.6 Å². The molecule has 2 nitrogen and oxygen atoms in total. The molecule has 0 bridgehead atoms. The van der Waals surface area contributed by atoms with E-state index in [4.69, 9.17) is 0 Å². The van der Waals surface area contributed by atoms with Crippen molar-refractivity contribution in [3.05, 3.63) is 33.9 Å². The predicted octanol–water partition coefficient (Wildman–Crippen LogP) is 2.66. The topological polar surface area (TPSA) is 24.1 Å². The Kier molecular flexibility index (Phi) is 5.00. The molecule has 19 heavy (non-hydrogen) atoms. The van der Waals surface area contributed by atoms with E-state index >= 15 is 0 Å². The molecule has 1 atom stereocenters. The minimum absolute atomic E-state index is 0.835. The molecule has 0 radical (unpaired) electrons. The molecule has 2 heteroatoms. The second kappa shape index (κ2) is 6.53. The molecule has 106 valence electrons. The first-order valence-corrected chi connectivity index (χ1v) is 7.57. The Hall–Kier alpha value is -0.860. The summed E-state index contributed by atoms with van der Waals surface area (Å²) in [5.41, 5.74) is 7.37. The fourth-order valence-corrected chi connectivity index (χ4v) is 3.08. The normalized spacial score (nSPS) is 19.1. The lowest BCUT2D eigenvalue weighted by atomic mass is 9.92. The summed E-state index contributed by atoms with van der Waals surface area (Å²) < 4.78 is 0. The summed E-state index contributed by atoms with van der Waals surface area (Å²) in [7, 11) is 0. The number of hydrogen-bond donors (Lipinski definition) is 2. The van der Waals surface area contributed by atoms with Crippen LogP contribution in [0.25, 0.3) is 0 Å². The van der Waals surface area contributed by atoms with Gasteiger partial charge < -0.3 is 10.6 Å². The third-order valence-electron chi connectivity index (χ3n) is 4.67. The molecule has 1 aliphatic heterocycles. The van der Waals surface area contributed by atoms with Crippen molar-refractivity contribution in [2.24, 2.45) is 5.92 Å². The highest BCUT2D eigenvalue weighted by atomic mass is 14.9. The molecule has 0 aromatic heterocycles. The molecule has 1 saturated heterocycles. The molecule has 2 N–H and O–H groups in total. The van der Waals surface area contributed by atoms with E-state index in [2.05, 4.69) is 44.4 Å². The van der Waals surface area contributed by atoms with Gasteiger partial charge in [0, 0.05) is 0 Å². The molecular formula is C17H28N2. The van der Waals surface area contributed by atoms with Gasteiger partial charge in [-0.3, -0.25) is 0 Å². The zero-order valence-electron chi connectivity index (χ0n) is 12.9. The lowest BCUT2D eigenvalue weighted by Gasteiger charge is -2.16. The molecule has 1 heterocycles. The summed E-state index contributed by atoms with van der Waals surface area (Å²) in [5, 5.41) is 7.05. The first-order valence-electron chi connectivity index (χ1n) is 7.57. The number of rotatable bonds is 5. The maximum atomic E-state index is 3.63. The maximum Gasteiger partial charge on any atom is -0.000777 e. The Morgan fingerprint density at radius 3 is 2.42 bits per heavy atom. The number of hydrogen-bond acceptors (Lipinski definition) is 2. The van der Waals surface area contributed by atoms with Crippen LogP contribution in [0.15, 0.2) is 6.07 Å². The maximum absolute atomic E-state index is 3.63. The van der Waals surface area contributed by atoms with Crippen LogP contribution in [-0.4, -0.2) is 26.2 Å². The number of aryl methyl sites for hydroxylation is 2. The van der Waals surface area contributed by atoms with Gasteiger partial charge in [-0.2, -0.15) is 0 Å². The summed E-state index contributed by atoms with van der Waals surface area (Å²) in [6.07, 6.45) is 2.48. The Bertz CT molecular complexity index is 405. The zero-order chi connectivity index (χ0) is 13.8. The average Bonchev–Trinajstić information content (AvgIpc) is 2.89. The minimum Gasteiger partial charge on any atom is -0.316 e. The first kappa shape index (κ1) is 14.5. The second-order valence-electron chi connectivity index (χ2n) is 6.05. The highest BCUT2D eigenvalue weighted by Crippen LogP contribution is 2.21. The van der Waals surface area contributed by atoms with Gasteiger partial charge in [0.05, 0.1) is 0 Å². The largest absolute Gasteiger partial charge is 0.316 e. The smallest absolute Gasteiger partial charge is 0.000777 e. The van der Waals surface area contributed by atoms with Crippen LogP contribution in [0.3, 0.4) is 0 Å². The van der Waals surface area contributed by atoms with Gasteiger partial charge in [0.2, 0.25) is 0 Å². The van der Waals surface area contributed by atoms with E-state index in [9.17, 15) is 0 Å². The number of nitrogens with one attached hydrogen (secondary N) is 2. The standard InChI is InChI=1S/C17H28N2/c1-12-9-13(2)15(4)17(14(12)3)6-8-19-11-16-5-7-18-10-16/h9,16,18-19H,5-8,10-11H2,1-4H3. The molecule has 0 aliphatic carbocycles. The molecule has 0 saturated carbocycles. The molecule has 1 aliphatic rings. The average molecular weight is 260 g/mol. The van der Waals surface area contributed by atoms with E-state index in [0.717, 1.165) is 25.4 Å². The lowest BCUT2D eigenvalue weighted by molar-refractivity contribution is 0.514. The summed E-state index contributed by atoms with van der Waals surface area (Å²) in [4.78, 5) is 0. The van der Waals surface area contributed by atoms with Crippen LogP contribution in [0.4, 0.5) is 0 Å².